The second kappa shape index (κ2) is 6.93. The molecule has 0 N–H and O–H groups in total. The van der Waals surface area contributed by atoms with Crippen LogP contribution in [-0.2, 0) is 16.0 Å². The van der Waals surface area contributed by atoms with Gasteiger partial charge in [0.1, 0.15) is 11.4 Å². The van der Waals surface area contributed by atoms with Gasteiger partial charge in [-0.15, -0.1) is 0 Å². The van der Waals surface area contributed by atoms with Gasteiger partial charge in [0.05, 0.1) is 5.60 Å². The van der Waals surface area contributed by atoms with Crippen LogP contribution in [0.2, 0.25) is 0 Å². The van der Waals surface area contributed by atoms with E-state index in [1.807, 2.05) is 18.0 Å². The van der Waals surface area contributed by atoms with Gasteiger partial charge in [-0.1, -0.05) is 12.1 Å². The molecule has 2 spiro atoms. The Bertz CT molecular complexity index is 664. The summed E-state index contributed by atoms with van der Waals surface area (Å²) in [6.45, 7) is 3.62. The number of carbonyl (C=O) groups is 1. The number of halogens is 1. The molecule has 3 aliphatic rings. The van der Waals surface area contributed by atoms with E-state index in [1.54, 1.807) is 12.1 Å². The molecule has 2 heterocycles. The van der Waals surface area contributed by atoms with Crippen LogP contribution < -0.4 is 0 Å². The molecule has 0 unspecified atom stereocenters. The van der Waals surface area contributed by atoms with Crippen molar-refractivity contribution in [3.05, 3.63) is 35.6 Å². The molecule has 2 aliphatic heterocycles. The average Bonchev–Trinajstić information content (AvgIpc) is 3.08. The van der Waals surface area contributed by atoms with E-state index in [2.05, 4.69) is 4.90 Å². The third kappa shape index (κ3) is 3.39. The third-order valence-corrected chi connectivity index (χ3v) is 6.46. The molecule has 1 aliphatic carbocycles. The lowest BCUT2D eigenvalue weighted by atomic mass is 9.85. The fraction of sp³-hybridized carbons (Fsp3) is 0.667. The lowest BCUT2D eigenvalue weighted by Crippen LogP contribution is -2.65. The molecule has 3 fully saturated rings. The molecular weight excluding hydrogens is 331 g/mol. The van der Waals surface area contributed by atoms with Gasteiger partial charge in [0.2, 0.25) is 0 Å². The minimum absolute atomic E-state index is 0.162. The smallest absolute Gasteiger partial charge is 0.254 e. The summed E-state index contributed by atoms with van der Waals surface area (Å²) in [5.41, 5.74) is 0.327. The van der Waals surface area contributed by atoms with Gasteiger partial charge in [-0.2, -0.15) is 0 Å². The number of ether oxygens (including phenoxy) is 1. The van der Waals surface area contributed by atoms with Gasteiger partial charge in [0.15, 0.2) is 0 Å². The quantitative estimate of drug-likeness (QED) is 0.831. The number of piperidine rings is 1. The second-order valence-electron chi connectivity index (χ2n) is 8.37. The molecule has 1 aromatic rings. The summed E-state index contributed by atoms with van der Waals surface area (Å²) in [5.74, 6) is 0.0272. The van der Waals surface area contributed by atoms with Gasteiger partial charge in [-0.25, -0.2) is 4.39 Å². The number of amides is 1. The normalized spacial score (nSPS) is 25.3. The van der Waals surface area contributed by atoms with E-state index >= 15 is 0 Å². The van der Waals surface area contributed by atoms with Gasteiger partial charge in [0, 0.05) is 33.2 Å². The highest BCUT2D eigenvalue weighted by atomic mass is 19.1. The largest absolute Gasteiger partial charge is 0.357 e. The van der Waals surface area contributed by atoms with Crippen molar-refractivity contribution in [3.8, 4) is 0 Å². The van der Waals surface area contributed by atoms with Gasteiger partial charge < -0.3 is 14.5 Å². The Morgan fingerprint density at radius 3 is 2.58 bits per heavy atom. The maximum atomic E-state index is 13.3. The molecule has 4 rings (SSSR count). The second-order valence-corrected chi connectivity index (χ2v) is 8.37. The fourth-order valence-electron chi connectivity index (χ4n) is 5.03. The number of benzene rings is 1. The number of likely N-dealkylation sites (N-methyl/N-ethyl adjacent to an activating group) is 1. The summed E-state index contributed by atoms with van der Waals surface area (Å²) in [6, 6.07) is 6.88. The number of carbonyl (C=O) groups excluding carboxylic acids is 1. The molecule has 4 nitrogen and oxygen atoms in total. The molecule has 0 bridgehead atoms. The maximum absolute atomic E-state index is 13.3. The lowest BCUT2D eigenvalue weighted by molar-refractivity contribution is -0.221. The van der Waals surface area contributed by atoms with E-state index < -0.39 is 5.60 Å². The number of likely N-dealkylation sites (tertiary alicyclic amines) is 1. The number of rotatable bonds is 3. The molecule has 0 aromatic heterocycles. The van der Waals surface area contributed by atoms with Crippen LogP contribution >= 0.6 is 0 Å². The van der Waals surface area contributed by atoms with Gasteiger partial charge in [-0.05, 0) is 62.6 Å². The molecule has 26 heavy (non-hydrogen) atoms. The van der Waals surface area contributed by atoms with Crippen LogP contribution in [0.4, 0.5) is 4.39 Å². The SMILES string of the molecule is CN1CC2(CCN(CCc3cccc(F)c3)CC2)OC2(CCCC2)C1=O. The van der Waals surface area contributed by atoms with E-state index in [1.165, 1.54) is 6.07 Å². The zero-order valence-electron chi connectivity index (χ0n) is 15.7. The zero-order chi connectivity index (χ0) is 18.2. The Hall–Kier alpha value is -1.46. The molecule has 2 saturated heterocycles. The predicted molar refractivity (Wildman–Crippen MR) is 98.4 cm³/mol. The van der Waals surface area contributed by atoms with E-state index in [4.69, 9.17) is 4.74 Å². The monoisotopic (exact) mass is 360 g/mol. The van der Waals surface area contributed by atoms with Crippen molar-refractivity contribution in [2.24, 2.45) is 0 Å². The molecule has 0 atom stereocenters. The van der Waals surface area contributed by atoms with Crippen molar-refractivity contribution >= 4 is 5.91 Å². The molecule has 1 saturated carbocycles. The summed E-state index contributed by atoms with van der Waals surface area (Å²) in [4.78, 5) is 17.0. The summed E-state index contributed by atoms with van der Waals surface area (Å²) in [6.07, 6.45) is 6.74. The average molecular weight is 360 g/mol. The van der Waals surface area contributed by atoms with Crippen LogP contribution in [0, 0.1) is 5.82 Å². The number of morpholine rings is 1. The van der Waals surface area contributed by atoms with Crippen LogP contribution in [0.5, 0.6) is 0 Å². The summed E-state index contributed by atoms with van der Waals surface area (Å²) >= 11 is 0. The van der Waals surface area contributed by atoms with Crippen LogP contribution in [0.15, 0.2) is 24.3 Å². The highest BCUT2D eigenvalue weighted by molar-refractivity contribution is 5.86. The van der Waals surface area contributed by atoms with Gasteiger partial charge >= 0.3 is 0 Å². The summed E-state index contributed by atoms with van der Waals surface area (Å²) in [5, 5.41) is 0. The minimum Gasteiger partial charge on any atom is -0.357 e. The van der Waals surface area contributed by atoms with E-state index in [0.29, 0.717) is 6.54 Å². The molecule has 142 valence electrons. The van der Waals surface area contributed by atoms with Gasteiger partial charge in [0.25, 0.3) is 5.91 Å². The van der Waals surface area contributed by atoms with Crippen molar-refractivity contribution in [2.45, 2.75) is 56.1 Å². The van der Waals surface area contributed by atoms with Crippen LogP contribution in [0.25, 0.3) is 0 Å². The number of nitrogens with zero attached hydrogens (tertiary/aromatic N) is 2. The third-order valence-electron chi connectivity index (χ3n) is 6.46. The lowest BCUT2D eigenvalue weighted by Gasteiger charge is -2.52. The number of hydrogen-bond donors (Lipinski definition) is 0. The Morgan fingerprint density at radius 1 is 1.15 bits per heavy atom. The van der Waals surface area contributed by atoms with Crippen LogP contribution in [-0.4, -0.2) is 60.1 Å². The fourth-order valence-corrected chi connectivity index (χ4v) is 5.03. The topological polar surface area (TPSA) is 32.8 Å². The van der Waals surface area contributed by atoms with Crippen LogP contribution in [0.1, 0.15) is 44.1 Å². The molecule has 0 radical (unpaired) electrons. The maximum Gasteiger partial charge on any atom is 0.254 e. The Labute approximate surface area is 155 Å². The van der Waals surface area contributed by atoms with E-state index in [-0.39, 0.29) is 17.3 Å². The van der Waals surface area contributed by atoms with Crippen molar-refractivity contribution in [2.75, 3.05) is 33.2 Å². The minimum atomic E-state index is -0.545. The van der Waals surface area contributed by atoms with Crippen molar-refractivity contribution in [3.63, 3.8) is 0 Å². The first kappa shape index (κ1) is 17.9. The van der Waals surface area contributed by atoms with E-state index in [9.17, 15) is 9.18 Å². The molecule has 1 amide bonds. The first-order valence-electron chi connectivity index (χ1n) is 9.93. The highest BCUT2D eigenvalue weighted by Crippen LogP contribution is 2.44. The van der Waals surface area contributed by atoms with E-state index in [0.717, 1.165) is 70.1 Å². The van der Waals surface area contributed by atoms with Crippen LogP contribution in [0.3, 0.4) is 0 Å². The summed E-state index contributed by atoms with van der Waals surface area (Å²) < 4.78 is 19.9. The Kier molecular flexibility index (Phi) is 4.78. The van der Waals surface area contributed by atoms with Crippen molar-refractivity contribution in [1.82, 2.24) is 9.80 Å². The predicted octanol–water partition coefficient (Wildman–Crippen LogP) is 3.00. The Morgan fingerprint density at radius 2 is 1.88 bits per heavy atom. The van der Waals surface area contributed by atoms with Crippen molar-refractivity contribution in [1.29, 1.82) is 0 Å². The van der Waals surface area contributed by atoms with Gasteiger partial charge in [-0.3, -0.25) is 4.79 Å². The first-order chi connectivity index (χ1) is 12.5. The standard InChI is InChI=1S/C21H29FN2O2/c1-23-16-20(26-21(19(23)25)8-2-3-9-21)10-13-24(14-11-20)12-7-17-5-4-6-18(22)15-17/h4-6,15H,2-3,7-14,16H2,1H3. The summed E-state index contributed by atoms with van der Waals surface area (Å²) in [7, 11) is 1.93. The molecular formula is C21H29FN2O2. The first-order valence-corrected chi connectivity index (χ1v) is 9.93. The molecule has 5 heteroatoms. The molecule has 1 aromatic carbocycles. The zero-order valence-corrected chi connectivity index (χ0v) is 15.7. The highest BCUT2D eigenvalue weighted by Gasteiger charge is 2.55. The Balaban J connectivity index is 1.36. The number of hydrogen-bond acceptors (Lipinski definition) is 3. The van der Waals surface area contributed by atoms with Crippen molar-refractivity contribution < 1.29 is 13.9 Å².